The number of carbonyl (C=O) groups is 1. The van der Waals surface area contributed by atoms with Crippen LogP contribution in [-0.4, -0.2) is 41.1 Å². The van der Waals surface area contributed by atoms with Crippen LogP contribution >= 0.6 is 11.6 Å². The van der Waals surface area contributed by atoms with Crippen LogP contribution in [0.5, 0.6) is 5.75 Å². The summed E-state index contributed by atoms with van der Waals surface area (Å²) in [5, 5.41) is 13.9. The number of aromatic nitrogens is 2. The third kappa shape index (κ3) is 4.83. The van der Waals surface area contributed by atoms with E-state index in [1.807, 2.05) is 0 Å². The second-order valence-corrected chi connectivity index (χ2v) is 3.36. The number of aromatic amines is 1. The summed E-state index contributed by atoms with van der Waals surface area (Å²) >= 11 is 5.65. The molecule has 0 amide bonds. The molecule has 0 aliphatic heterocycles. The molecule has 0 spiro atoms. The lowest BCUT2D eigenvalue weighted by molar-refractivity contribution is -0.138. The molecular formula is C9H11ClN2O5. The Labute approximate surface area is 101 Å². The summed E-state index contributed by atoms with van der Waals surface area (Å²) in [5.74, 6) is -0.759. The molecule has 94 valence electrons. The van der Waals surface area contributed by atoms with Gasteiger partial charge in [0.25, 0.3) is 5.56 Å². The van der Waals surface area contributed by atoms with Gasteiger partial charge in [0.15, 0.2) is 10.8 Å². The lowest BCUT2D eigenvalue weighted by Crippen LogP contribution is -2.13. The first-order valence-electron chi connectivity index (χ1n) is 4.77. The van der Waals surface area contributed by atoms with Gasteiger partial charge < -0.3 is 14.6 Å². The molecule has 0 aliphatic carbocycles. The average molecular weight is 263 g/mol. The van der Waals surface area contributed by atoms with Gasteiger partial charge in [0.05, 0.1) is 25.8 Å². The fraction of sp³-hybridized carbons (Fsp3) is 0.444. The minimum atomic E-state index is -0.923. The number of hydrogen-bond acceptors (Lipinski definition) is 5. The molecule has 7 nitrogen and oxygen atoms in total. The number of carboxylic acid groups (broad SMARTS) is 1. The molecule has 1 heterocycles. The van der Waals surface area contributed by atoms with Crippen LogP contribution in [0.25, 0.3) is 0 Å². The Balaban J connectivity index is 2.25. The van der Waals surface area contributed by atoms with Crippen LogP contribution < -0.4 is 10.3 Å². The van der Waals surface area contributed by atoms with Gasteiger partial charge in [0.1, 0.15) is 6.61 Å². The van der Waals surface area contributed by atoms with Crippen molar-refractivity contribution in [1.82, 2.24) is 10.2 Å². The van der Waals surface area contributed by atoms with Gasteiger partial charge in [0, 0.05) is 0 Å². The second kappa shape index (κ2) is 6.87. The van der Waals surface area contributed by atoms with Crippen molar-refractivity contribution in [3.63, 3.8) is 0 Å². The molecule has 1 rings (SSSR count). The number of carboxylic acids is 1. The third-order valence-corrected chi connectivity index (χ3v) is 2.07. The van der Waals surface area contributed by atoms with Gasteiger partial charge in [-0.1, -0.05) is 11.6 Å². The van der Waals surface area contributed by atoms with Crippen LogP contribution in [-0.2, 0) is 9.53 Å². The molecule has 0 aliphatic rings. The van der Waals surface area contributed by atoms with Crippen molar-refractivity contribution in [2.75, 3.05) is 19.8 Å². The molecule has 0 radical (unpaired) electrons. The topological polar surface area (TPSA) is 102 Å². The summed E-state index contributed by atoms with van der Waals surface area (Å²) in [4.78, 5) is 21.2. The van der Waals surface area contributed by atoms with Crippen molar-refractivity contribution in [2.45, 2.75) is 6.42 Å². The molecule has 0 fully saturated rings. The Bertz CT molecular complexity index is 434. The highest BCUT2D eigenvalue weighted by Gasteiger charge is 2.05. The number of nitrogens with zero attached hydrogens (tertiary/aromatic N) is 1. The van der Waals surface area contributed by atoms with Crippen molar-refractivity contribution in [3.05, 3.63) is 21.6 Å². The zero-order valence-corrected chi connectivity index (χ0v) is 9.57. The minimum Gasteiger partial charge on any atom is -0.488 e. The molecular weight excluding hydrogens is 252 g/mol. The van der Waals surface area contributed by atoms with Crippen molar-refractivity contribution in [2.24, 2.45) is 0 Å². The van der Waals surface area contributed by atoms with E-state index in [0.29, 0.717) is 0 Å². The summed E-state index contributed by atoms with van der Waals surface area (Å²) in [7, 11) is 0. The smallest absolute Gasteiger partial charge is 0.305 e. The molecule has 0 saturated carbocycles. The van der Waals surface area contributed by atoms with Gasteiger partial charge in [-0.2, -0.15) is 5.10 Å². The Hall–Kier alpha value is -1.60. The van der Waals surface area contributed by atoms with Crippen LogP contribution in [0, 0.1) is 0 Å². The Morgan fingerprint density at radius 2 is 2.24 bits per heavy atom. The molecule has 0 aromatic carbocycles. The SMILES string of the molecule is O=C(O)CCOCCOc1cn[nH]c(=O)c1Cl. The fourth-order valence-electron chi connectivity index (χ4n) is 0.940. The number of ether oxygens (including phenoxy) is 2. The van der Waals surface area contributed by atoms with Gasteiger partial charge >= 0.3 is 5.97 Å². The Kier molecular flexibility index (Phi) is 5.44. The number of nitrogens with one attached hydrogen (secondary N) is 1. The van der Waals surface area contributed by atoms with Crippen molar-refractivity contribution >= 4 is 17.6 Å². The third-order valence-electron chi connectivity index (χ3n) is 1.71. The summed E-state index contributed by atoms with van der Waals surface area (Å²) in [6.07, 6.45) is 1.22. The maximum absolute atomic E-state index is 11.0. The number of hydrogen-bond donors (Lipinski definition) is 2. The molecule has 0 saturated heterocycles. The minimum absolute atomic E-state index is 0.0622. The first-order chi connectivity index (χ1) is 8.11. The van der Waals surface area contributed by atoms with E-state index >= 15 is 0 Å². The number of aliphatic carboxylic acids is 1. The van der Waals surface area contributed by atoms with Gasteiger partial charge in [-0.25, -0.2) is 5.10 Å². The first kappa shape index (κ1) is 13.5. The van der Waals surface area contributed by atoms with Crippen LogP contribution in [0.2, 0.25) is 5.02 Å². The van der Waals surface area contributed by atoms with Gasteiger partial charge in [-0.05, 0) is 0 Å². The molecule has 1 aromatic rings. The van der Waals surface area contributed by atoms with E-state index in [0.717, 1.165) is 0 Å². The molecule has 0 bridgehead atoms. The molecule has 17 heavy (non-hydrogen) atoms. The van der Waals surface area contributed by atoms with E-state index in [4.69, 9.17) is 26.2 Å². The quantitative estimate of drug-likeness (QED) is 0.685. The number of halogens is 1. The molecule has 2 N–H and O–H groups in total. The molecule has 0 unspecified atom stereocenters. The highest BCUT2D eigenvalue weighted by Crippen LogP contribution is 2.16. The zero-order valence-electron chi connectivity index (χ0n) is 8.81. The van der Waals surface area contributed by atoms with Crippen molar-refractivity contribution < 1.29 is 19.4 Å². The summed E-state index contributed by atoms with van der Waals surface area (Å²) in [6, 6.07) is 0. The highest BCUT2D eigenvalue weighted by atomic mass is 35.5. The molecule has 8 heteroatoms. The van der Waals surface area contributed by atoms with E-state index in [2.05, 4.69) is 10.2 Å². The van der Waals surface area contributed by atoms with E-state index < -0.39 is 11.5 Å². The lowest BCUT2D eigenvalue weighted by atomic mass is 10.5. The van der Waals surface area contributed by atoms with Gasteiger partial charge in [0.2, 0.25) is 0 Å². The monoisotopic (exact) mass is 262 g/mol. The fourth-order valence-corrected chi connectivity index (χ4v) is 1.09. The van der Waals surface area contributed by atoms with E-state index in [-0.39, 0.29) is 37.0 Å². The van der Waals surface area contributed by atoms with Crippen LogP contribution in [0.15, 0.2) is 11.0 Å². The van der Waals surface area contributed by atoms with E-state index in [1.165, 1.54) is 6.20 Å². The predicted octanol–water partition coefficient (Wildman–Crippen LogP) is 0.293. The van der Waals surface area contributed by atoms with Crippen LogP contribution in [0.4, 0.5) is 0 Å². The van der Waals surface area contributed by atoms with E-state index in [1.54, 1.807) is 0 Å². The van der Waals surface area contributed by atoms with Crippen molar-refractivity contribution in [3.8, 4) is 5.75 Å². The van der Waals surface area contributed by atoms with Gasteiger partial charge in [-0.15, -0.1) is 0 Å². The highest BCUT2D eigenvalue weighted by molar-refractivity contribution is 6.31. The standard InChI is InChI=1S/C9H11ClN2O5/c10-8-6(5-11-12-9(8)15)17-4-3-16-2-1-7(13)14/h5H,1-4H2,(H,12,15)(H,13,14). The predicted molar refractivity (Wildman–Crippen MR) is 58.4 cm³/mol. The Morgan fingerprint density at radius 3 is 2.94 bits per heavy atom. The molecule has 1 aromatic heterocycles. The lowest BCUT2D eigenvalue weighted by Gasteiger charge is -2.06. The average Bonchev–Trinajstić information content (AvgIpc) is 2.28. The van der Waals surface area contributed by atoms with E-state index in [9.17, 15) is 9.59 Å². The largest absolute Gasteiger partial charge is 0.488 e. The maximum atomic E-state index is 11.0. The maximum Gasteiger partial charge on any atom is 0.305 e. The second-order valence-electron chi connectivity index (χ2n) is 2.98. The summed E-state index contributed by atoms with van der Waals surface area (Å²) in [5.41, 5.74) is -0.532. The zero-order chi connectivity index (χ0) is 12.7. The number of rotatable bonds is 7. The van der Waals surface area contributed by atoms with Crippen LogP contribution in [0.3, 0.4) is 0 Å². The molecule has 0 atom stereocenters. The normalized spacial score (nSPS) is 10.2. The summed E-state index contributed by atoms with van der Waals surface area (Å²) in [6.45, 7) is 0.473. The Morgan fingerprint density at radius 1 is 1.47 bits per heavy atom. The van der Waals surface area contributed by atoms with Crippen molar-refractivity contribution in [1.29, 1.82) is 0 Å². The number of H-pyrrole nitrogens is 1. The first-order valence-corrected chi connectivity index (χ1v) is 5.14. The van der Waals surface area contributed by atoms with Crippen LogP contribution in [0.1, 0.15) is 6.42 Å². The van der Waals surface area contributed by atoms with Gasteiger partial charge in [-0.3, -0.25) is 9.59 Å². The summed E-state index contributed by atoms with van der Waals surface area (Å²) < 4.78 is 10.1.